The molecule has 0 aliphatic rings. The van der Waals surface area contributed by atoms with Gasteiger partial charge in [-0.3, -0.25) is 0 Å². The summed E-state index contributed by atoms with van der Waals surface area (Å²) in [7, 11) is -3.63. The summed E-state index contributed by atoms with van der Waals surface area (Å²) in [5, 5.41) is 6.31. The van der Waals surface area contributed by atoms with Gasteiger partial charge in [0.25, 0.3) is 0 Å². The Morgan fingerprint density at radius 1 is 1.29 bits per heavy atom. The minimum Gasteiger partial charge on any atom is -0.225 e. The lowest BCUT2D eigenvalue weighted by molar-refractivity contribution is 0.606. The van der Waals surface area contributed by atoms with Gasteiger partial charge in [0, 0.05) is 5.41 Å². The Labute approximate surface area is 92.2 Å². The molecule has 0 atom stereocenters. The van der Waals surface area contributed by atoms with Crippen molar-refractivity contribution in [1.82, 2.24) is 0 Å². The van der Waals surface area contributed by atoms with Crippen LogP contribution < -0.4 is 5.14 Å². The molecule has 0 unspecified atom stereocenters. The number of halogens is 2. The summed E-state index contributed by atoms with van der Waals surface area (Å²) in [4.78, 5) is 0. The molecule has 1 aromatic carbocycles. The maximum atomic E-state index is 10.6. The fourth-order valence-electron chi connectivity index (χ4n) is 0.817. The molecule has 6 heteroatoms. The van der Waals surface area contributed by atoms with Crippen molar-refractivity contribution in [3.8, 4) is 0 Å². The van der Waals surface area contributed by atoms with Crippen LogP contribution >= 0.6 is 23.2 Å². The Bertz CT molecular complexity index is 468. The first-order valence-corrected chi connectivity index (χ1v) is 5.91. The molecule has 0 amide bonds. The molecule has 0 saturated heterocycles. The summed E-state index contributed by atoms with van der Waals surface area (Å²) in [5.74, 6) is 0. The van der Waals surface area contributed by atoms with E-state index in [0.29, 0.717) is 15.6 Å². The van der Waals surface area contributed by atoms with E-state index in [1.807, 2.05) is 0 Å². The van der Waals surface area contributed by atoms with Crippen LogP contribution in [0.3, 0.4) is 0 Å². The van der Waals surface area contributed by atoms with Crippen LogP contribution in [0.1, 0.15) is 5.56 Å². The predicted octanol–water partition coefficient (Wildman–Crippen LogP) is 2.25. The number of hydrogen-bond donors (Lipinski definition) is 1. The molecule has 0 aromatic heterocycles. The van der Waals surface area contributed by atoms with Crippen molar-refractivity contribution < 1.29 is 8.42 Å². The van der Waals surface area contributed by atoms with Crippen LogP contribution in [0.5, 0.6) is 0 Å². The van der Waals surface area contributed by atoms with Crippen LogP contribution in [-0.4, -0.2) is 8.42 Å². The Kier molecular flexibility index (Phi) is 3.55. The standard InChI is InChI=1S/C8H7Cl2NO2S/c9-7-3-1-2-6(8(7)10)4-5-14(11,12)13/h1-5H,(H2,11,12,13)/b5-4+. The van der Waals surface area contributed by atoms with Crippen LogP contribution in [0.15, 0.2) is 23.6 Å². The first-order valence-electron chi connectivity index (χ1n) is 3.55. The van der Waals surface area contributed by atoms with Crippen molar-refractivity contribution in [2.45, 2.75) is 0 Å². The Hall–Kier alpha value is -0.550. The van der Waals surface area contributed by atoms with Crippen LogP contribution in [0.25, 0.3) is 6.08 Å². The van der Waals surface area contributed by atoms with Crippen molar-refractivity contribution in [1.29, 1.82) is 0 Å². The third-order valence-electron chi connectivity index (χ3n) is 1.42. The van der Waals surface area contributed by atoms with Gasteiger partial charge in [0.15, 0.2) is 0 Å². The van der Waals surface area contributed by atoms with Crippen molar-refractivity contribution in [2.24, 2.45) is 5.14 Å². The Balaban J connectivity index is 3.11. The monoisotopic (exact) mass is 251 g/mol. The second-order valence-corrected chi connectivity index (χ2v) is 4.77. The van der Waals surface area contributed by atoms with E-state index in [-0.39, 0.29) is 0 Å². The van der Waals surface area contributed by atoms with Gasteiger partial charge in [-0.05, 0) is 17.7 Å². The third kappa shape index (κ3) is 3.31. The zero-order valence-electron chi connectivity index (χ0n) is 6.94. The number of hydrogen-bond acceptors (Lipinski definition) is 2. The molecular formula is C8H7Cl2NO2S. The lowest BCUT2D eigenvalue weighted by atomic mass is 10.2. The largest absolute Gasteiger partial charge is 0.231 e. The highest BCUT2D eigenvalue weighted by atomic mass is 35.5. The highest BCUT2D eigenvalue weighted by Gasteiger charge is 2.01. The predicted molar refractivity (Wildman–Crippen MR) is 58.6 cm³/mol. The van der Waals surface area contributed by atoms with Gasteiger partial charge in [-0.15, -0.1) is 0 Å². The smallest absolute Gasteiger partial charge is 0.225 e. The average Bonchev–Trinajstić information content (AvgIpc) is 2.06. The van der Waals surface area contributed by atoms with E-state index in [0.717, 1.165) is 5.41 Å². The second kappa shape index (κ2) is 4.31. The van der Waals surface area contributed by atoms with Crippen molar-refractivity contribution in [2.75, 3.05) is 0 Å². The Morgan fingerprint density at radius 3 is 2.50 bits per heavy atom. The maximum absolute atomic E-state index is 10.6. The highest BCUT2D eigenvalue weighted by Crippen LogP contribution is 2.26. The molecule has 0 aliphatic carbocycles. The lowest BCUT2D eigenvalue weighted by Crippen LogP contribution is -2.06. The third-order valence-corrected chi connectivity index (χ3v) is 2.77. The molecule has 0 aliphatic heterocycles. The molecule has 2 N–H and O–H groups in total. The maximum Gasteiger partial charge on any atom is 0.231 e. The quantitative estimate of drug-likeness (QED) is 0.877. The molecule has 0 spiro atoms. The number of rotatable bonds is 2. The van der Waals surface area contributed by atoms with Crippen LogP contribution in [0.2, 0.25) is 10.0 Å². The van der Waals surface area contributed by atoms with Gasteiger partial charge < -0.3 is 0 Å². The summed E-state index contributed by atoms with van der Waals surface area (Å²) >= 11 is 11.5. The summed E-state index contributed by atoms with van der Waals surface area (Å²) in [5.41, 5.74) is 0.508. The molecule has 0 radical (unpaired) electrons. The van der Waals surface area contributed by atoms with E-state index >= 15 is 0 Å². The molecular weight excluding hydrogens is 245 g/mol. The van der Waals surface area contributed by atoms with Gasteiger partial charge in [-0.25, -0.2) is 13.6 Å². The van der Waals surface area contributed by atoms with E-state index in [1.54, 1.807) is 18.2 Å². The number of primary sulfonamides is 1. The van der Waals surface area contributed by atoms with Crippen LogP contribution in [0.4, 0.5) is 0 Å². The number of benzene rings is 1. The van der Waals surface area contributed by atoms with Gasteiger partial charge in [0.05, 0.1) is 10.0 Å². The first-order chi connectivity index (χ1) is 6.40. The molecule has 1 aromatic rings. The lowest BCUT2D eigenvalue weighted by Gasteiger charge is -1.99. The molecule has 0 fully saturated rings. The molecule has 3 nitrogen and oxygen atoms in total. The summed E-state index contributed by atoms with van der Waals surface area (Å²) < 4.78 is 21.2. The highest BCUT2D eigenvalue weighted by molar-refractivity contribution is 7.92. The van der Waals surface area contributed by atoms with Crippen molar-refractivity contribution in [3.05, 3.63) is 39.2 Å². The van der Waals surface area contributed by atoms with Crippen molar-refractivity contribution in [3.63, 3.8) is 0 Å². The molecule has 0 bridgehead atoms. The van der Waals surface area contributed by atoms with Crippen LogP contribution in [-0.2, 0) is 10.0 Å². The minimum absolute atomic E-state index is 0.300. The second-order valence-electron chi connectivity index (χ2n) is 2.53. The fraction of sp³-hybridized carbons (Fsp3) is 0. The van der Waals surface area contributed by atoms with Crippen molar-refractivity contribution >= 4 is 39.3 Å². The van der Waals surface area contributed by atoms with Gasteiger partial charge in [0.1, 0.15) is 0 Å². The average molecular weight is 252 g/mol. The summed E-state index contributed by atoms with van der Waals surface area (Å²) in [6.07, 6.45) is 1.30. The normalized spacial score (nSPS) is 12.2. The van der Waals surface area contributed by atoms with E-state index in [9.17, 15) is 8.42 Å². The van der Waals surface area contributed by atoms with Crippen LogP contribution in [0, 0.1) is 0 Å². The van der Waals surface area contributed by atoms with Gasteiger partial charge in [-0.2, -0.15) is 0 Å². The van der Waals surface area contributed by atoms with E-state index < -0.39 is 10.0 Å². The fourth-order valence-corrected chi connectivity index (χ4v) is 1.52. The topological polar surface area (TPSA) is 60.2 Å². The minimum atomic E-state index is -3.63. The van der Waals surface area contributed by atoms with E-state index in [1.165, 1.54) is 6.08 Å². The molecule has 0 saturated carbocycles. The molecule has 0 heterocycles. The zero-order valence-corrected chi connectivity index (χ0v) is 9.27. The van der Waals surface area contributed by atoms with Gasteiger partial charge in [0.2, 0.25) is 10.0 Å². The molecule has 14 heavy (non-hydrogen) atoms. The number of sulfonamides is 1. The Morgan fingerprint density at radius 2 is 1.93 bits per heavy atom. The SMILES string of the molecule is NS(=O)(=O)/C=C/c1cccc(Cl)c1Cl. The first kappa shape index (κ1) is 11.5. The molecule has 1 rings (SSSR count). The van der Waals surface area contributed by atoms with E-state index in [2.05, 4.69) is 0 Å². The number of nitrogens with two attached hydrogens (primary N) is 1. The van der Waals surface area contributed by atoms with Gasteiger partial charge >= 0.3 is 0 Å². The van der Waals surface area contributed by atoms with Gasteiger partial charge in [-0.1, -0.05) is 35.3 Å². The van der Waals surface area contributed by atoms with E-state index in [4.69, 9.17) is 28.3 Å². The zero-order chi connectivity index (χ0) is 10.8. The summed E-state index contributed by atoms with van der Waals surface area (Å²) in [6, 6.07) is 4.91. The molecule has 76 valence electrons. The summed E-state index contributed by atoms with van der Waals surface area (Å²) in [6.45, 7) is 0.